The van der Waals surface area contributed by atoms with Crippen LogP contribution in [0.1, 0.15) is 24.6 Å². The third kappa shape index (κ3) is 2.21. The summed E-state index contributed by atoms with van der Waals surface area (Å²) in [6.07, 6.45) is 0.618. The number of nitrogens with two attached hydrogens (primary N) is 1. The highest BCUT2D eigenvalue weighted by atomic mass is 16.2. The van der Waals surface area contributed by atoms with Gasteiger partial charge in [0.05, 0.1) is 12.2 Å². The molecule has 2 amide bonds. The molecule has 104 valence electrons. The summed E-state index contributed by atoms with van der Waals surface area (Å²) >= 11 is 0. The van der Waals surface area contributed by atoms with Crippen molar-refractivity contribution in [3.63, 3.8) is 0 Å². The van der Waals surface area contributed by atoms with Crippen LogP contribution < -0.4 is 16.0 Å². The van der Waals surface area contributed by atoms with Crippen LogP contribution in [0, 0.1) is 6.92 Å². The van der Waals surface area contributed by atoms with Crippen molar-refractivity contribution < 1.29 is 9.59 Å². The second kappa shape index (κ2) is 5.00. The van der Waals surface area contributed by atoms with Crippen LogP contribution in [0.5, 0.6) is 0 Å². The third-order valence-corrected chi connectivity index (χ3v) is 3.43. The Hall–Kier alpha value is -1.89. The number of anilines is 1. The average molecular weight is 265 g/mol. The number of rotatable bonds is 3. The first-order chi connectivity index (χ1) is 8.99. The molecule has 19 heavy (non-hydrogen) atoms. The Bertz CT molecular complexity index is 522. The van der Waals surface area contributed by atoms with E-state index in [9.17, 15) is 9.59 Å². The first-order valence-corrected chi connectivity index (χ1v) is 6.32. The molecule has 7 nitrogen and oxygen atoms in total. The molecule has 1 fully saturated rings. The van der Waals surface area contributed by atoms with Gasteiger partial charge in [0.15, 0.2) is 0 Å². The predicted octanol–water partition coefficient (Wildman–Crippen LogP) is -0.571. The van der Waals surface area contributed by atoms with Gasteiger partial charge in [-0.25, -0.2) is 0 Å². The summed E-state index contributed by atoms with van der Waals surface area (Å²) in [6.45, 7) is 4.27. The summed E-state index contributed by atoms with van der Waals surface area (Å²) in [5, 5.41) is 6.69. The van der Waals surface area contributed by atoms with Crippen molar-refractivity contribution in [2.45, 2.75) is 32.9 Å². The van der Waals surface area contributed by atoms with Gasteiger partial charge in [-0.3, -0.25) is 19.6 Å². The lowest BCUT2D eigenvalue weighted by molar-refractivity contribution is -0.132. The van der Waals surface area contributed by atoms with Gasteiger partial charge in [0.2, 0.25) is 11.8 Å². The number of carbonyl (C=O) groups excluding carboxylic acids is 2. The number of imide groups is 1. The van der Waals surface area contributed by atoms with Crippen LogP contribution in [0.2, 0.25) is 0 Å². The highest BCUT2D eigenvalue weighted by Crippen LogP contribution is 2.26. The standard InChI is InChI=1S/C12H19N5O2/c1-4-9-11(19)14-10(18)6-17(9)12-8(5-13)7(2)15-16(12)3/h9H,4-6,13H2,1-3H3,(H,14,18,19). The fourth-order valence-corrected chi connectivity index (χ4v) is 2.58. The Morgan fingerprint density at radius 2 is 2.16 bits per heavy atom. The Kier molecular flexibility index (Phi) is 3.57. The molecule has 0 radical (unpaired) electrons. The summed E-state index contributed by atoms with van der Waals surface area (Å²) < 4.78 is 1.69. The molecule has 1 unspecified atom stereocenters. The molecular formula is C12H19N5O2. The first kappa shape index (κ1) is 13.5. The number of aryl methyl sites for hydroxylation is 2. The lowest BCUT2D eigenvalue weighted by Crippen LogP contribution is -2.58. The highest BCUT2D eigenvalue weighted by Gasteiger charge is 2.35. The zero-order valence-electron chi connectivity index (χ0n) is 11.4. The minimum atomic E-state index is -0.363. The average Bonchev–Trinajstić information content (AvgIpc) is 2.62. The van der Waals surface area contributed by atoms with E-state index in [0.29, 0.717) is 13.0 Å². The van der Waals surface area contributed by atoms with E-state index in [0.717, 1.165) is 17.1 Å². The molecule has 0 aromatic carbocycles. The zero-order valence-corrected chi connectivity index (χ0v) is 11.4. The Morgan fingerprint density at radius 3 is 2.74 bits per heavy atom. The fourth-order valence-electron chi connectivity index (χ4n) is 2.58. The number of nitrogens with one attached hydrogen (secondary N) is 1. The molecule has 3 N–H and O–H groups in total. The van der Waals surface area contributed by atoms with E-state index in [1.165, 1.54) is 0 Å². The van der Waals surface area contributed by atoms with Gasteiger partial charge >= 0.3 is 0 Å². The van der Waals surface area contributed by atoms with Gasteiger partial charge < -0.3 is 10.6 Å². The van der Waals surface area contributed by atoms with Gasteiger partial charge in [-0.15, -0.1) is 0 Å². The molecule has 2 rings (SSSR count). The molecule has 7 heteroatoms. The van der Waals surface area contributed by atoms with Crippen LogP contribution in [0.3, 0.4) is 0 Å². The first-order valence-electron chi connectivity index (χ1n) is 6.32. The number of hydrogen-bond acceptors (Lipinski definition) is 5. The van der Waals surface area contributed by atoms with Crippen LogP contribution in [0.15, 0.2) is 0 Å². The van der Waals surface area contributed by atoms with Crippen molar-refractivity contribution in [3.05, 3.63) is 11.3 Å². The molecule has 1 aromatic heterocycles. The minimum Gasteiger partial charge on any atom is -0.335 e. The van der Waals surface area contributed by atoms with Gasteiger partial charge in [0, 0.05) is 19.2 Å². The molecule has 1 atom stereocenters. The topological polar surface area (TPSA) is 93.2 Å². The maximum atomic E-state index is 11.9. The second-order valence-electron chi connectivity index (χ2n) is 4.68. The quantitative estimate of drug-likeness (QED) is 0.714. The number of amides is 2. The van der Waals surface area contributed by atoms with E-state index in [-0.39, 0.29) is 24.4 Å². The summed E-state index contributed by atoms with van der Waals surface area (Å²) in [6, 6.07) is -0.363. The molecule has 1 aromatic rings. The van der Waals surface area contributed by atoms with Crippen molar-refractivity contribution in [2.24, 2.45) is 12.8 Å². The number of nitrogens with zero attached hydrogens (tertiary/aromatic N) is 3. The third-order valence-electron chi connectivity index (χ3n) is 3.43. The molecule has 0 bridgehead atoms. The van der Waals surface area contributed by atoms with Crippen molar-refractivity contribution in [1.29, 1.82) is 0 Å². The van der Waals surface area contributed by atoms with Crippen LogP contribution in [-0.4, -0.2) is 34.2 Å². The largest absolute Gasteiger partial charge is 0.335 e. The van der Waals surface area contributed by atoms with Crippen LogP contribution in [0.25, 0.3) is 0 Å². The van der Waals surface area contributed by atoms with Gasteiger partial charge in [-0.1, -0.05) is 6.92 Å². The molecule has 1 aliphatic rings. The Morgan fingerprint density at radius 1 is 1.47 bits per heavy atom. The molecule has 0 spiro atoms. The zero-order chi connectivity index (χ0) is 14.2. The van der Waals surface area contributed by atoms with Crippen molar-refractivity contribution in [2.75, 3.05) is 11.4 Å². The fraction of sp³-hybridized carbons (Fsp3) is 0.583. The van der Waals surface area contributed by atoms with Crippen molar-refractivity contribution in [3.8, 4) is 0 Å². The maximum absolute atomic E-state index is 11.9. The lowest BCUT2D eigenvalue weighted by atomic mass is 10.1. The predicted molar refractivity (Wildman–Crippen MR) is 70.4 cm³/mol. The van der Waals surface area contributed by atoms with E-state index in [1.807, 2.05) is 13.8 Å². The van der Waals surface area contributed by atoms with Crippen LogP contribution in [0.4, 0.5) is 5.82 Å². The summed E-state index contributed by atoms with van der Waals surface area (Å²) in [7, 11) is 1.80. The van der Waals surface area contributed by atoms with Crippen molar-refractivity contribution >= 4 is 17.6 Å². The molecular weight excluding hydrogens is 246 g/mol. The van der Waals surface area contributed by atoms with Crippen LogP contribution >= 0.6 is 0 Å². The molecule has 0 saturated carbocycles. The SMILES string of the molecule is CCC1C(=O)NC(=O)CN1c1c(CN)c(C)nn1C. The highest BCUT2D eigenvalue weighted by molar-refractivity contribution is 6.04. The number of piperazine rings is 1. The molecule has 1 aliphatic heterocycles. The Labute approximate surface area is 111 Å². The number of carbonyl (C=O) groups is 2. The van der Waals surface area contributed by atoms with Gasteiger partial charge in [0.25, 0.3) is 0 Å². The van der Waals surface area contributed by atoms with Gasteiger partial charge in [-0.2, -0.15) is 5.10 Å². The molecule has 1 saturated heterocycles. The number of hydrogen-bond donors (Lipinski definition) is 2. The van der Waals surface area contributed by atoms with E-state index >= 15 is 0 Å². The summed E-state index contributed by atoms with van der Waals surface area (Å²) in [5.74, 6) is 0.201. The summed E-state index contributed by atoms with van der Waals surface area (Å²) in [5.41, 5.74) is 7.47. The maximum Gasteiger partial charge on any atom is 0.249 e. The van der Waals surface area contributed by atoms with E-state index in [4.69, 9.17) is 5.73 Å². The van der Waals surface area contributed by atoms with E-state index in [2.05, 4.69) is 10.4 Å². The van der Waals surface area contributed by atoms with Gasteiger partial charge in [-0.05, 0) is 13.3 Å². The second-order valence-corrected chi connectivity index (χ2v) is 4.68. The molecule has 0 aliphatic carbocycles. The summed E-state index contributed by atoms with van der Waals surface area (Å²) in [4.78, 5) is 25.3. The van der Waals surface area contributed by atoms with E-state index in [1.54, 1.807) is 16.6 Å². The smallest absolute Gasteiger partial charge is 0.249 e. The minimum absolute atomic E-state index is 0.149. The Balaban J connectivity index is 2.48. The van der Waals surface area contributed by atoms with E-state index < -0.39 is 0 Å². The molecule has 2 heterocycles. The van der Waals surface area contributed by atoms with Crippen LogP contribution in [-0.2, 0) is 23.2 Å². The normalized spacial score (nSPS) is 19.8. The lowest BCUT2D eigenvalue weighted by Gasteiger charge is -2.35. The van der Waals surface area contributed by atoms with Crippen molar-refractivity contribution in [1.82, 2.24) is 15.1 Å². The monoisotopic (exact) mass is 265 g/mol. The number of aromatic nitrogens is 2. The van der Waals surface area contributed by atoms with Gasteiger partial charge in [0.1, 0.15) is 11.9 Å².